The lowest BCUT2D eigenvalue weighted by Gasteiger charge is -2.19. The number of benzene rings is 1. The predicted octanol–water partition coefficient (Wildman–Crippen LogP) is 3.69. The van der Waals surface area contributed by atoms with Crippen LogP contribution in [0, 0.1) is 27.7 Å². The third-order valence-corrected chi connectivity index (χ3v) is 3.60. The quantitative estimate of drug-likeness (QED) is 0.374. The van der Waals surface area contributed by atoms with E-state index in [4.69, 9.17) is 29.0 Å². The fourth-order valence-electron chi connectivity index (χ4n) is 1.97. The lowest BCUT2D eigenvalue weighted by atomic mass is 9.90. The fourth-order valence-corrected chi connectivity index (χ4v) is 2.62. The molecule has 16 heavy (non-hydrogen) atoms. The van der Waals surface area contributed by atoms with Gasteiger partial charge < -0.3 is 5.84 Å². The van der Waals surface area contributed by atoms with Gasteiger partial charge in [-0.05, 0) is 55.5 Å². The van der Waals surface area contributed by atoms with E-state index in [1.165, 1.54) is 0 Å². The molecule has 0 unspecified atom stereocenters. The topological polar surface area (TPSA) is 38.4 Å². The molecule has 0 amide bonds. The average molecular weight is 259 g/mol. The Kier molecular flexibility index (Phi) is 4.22. The highest BCUT2D eigenvalue weighted by molar-refractivity contribution is 6.44. The first-order valence-corrected chi connectivity index (χ1v) is 5.90. The summed E-state index contributed by atoms with van der Waals surface area (Å²) in [4.78, 5) is -0.499. The second-order valence-electron chi connectivity index (χ2n) is 3.91. The highest BCUT2D eigenvalue weighted by atomic mass is 35.5. The van der Waals surface area contributed by atoms with Crippen molar-refractivity contribution < 1.29 is 0 Å². The van der Waals surface area contributed by atoms with E-state index in [2.05, 4.69) is 5.10 Å². The van der Waals surface area contributed by atoms with Gasteiger partial charge in [-0.15, -0.1) is 23.2 Å². The van der Waals surface area contributed by atoms with Crippen LogP contribution >= 0.6 is 23.2 Å². The summed E-state index contributed by atoms with van der Waals surface area (Å²) in [5.41, 5.74) is 6.50. The number of nitrogens with two attached hydrogens (primary N) is 1. The van der Waals surface area contributed by atoms with E-state index in [-0.39, 0.29) is 0 Å². The van der Waals surface area contributed by atoms with Crippen LogP contribution in [-0.4, -0.2) is 6.21 Å². The van der Waals surface area contributed by atoms with E-state index in [9.17, 15) is 0 Å². The molecule has 0 radical (unpaired) electrons. The molecular weight excluding hydrogens is 243 g/mol. The molecule has 0 bridgehead atoms. The molecule has 0 aliphatic heterocycles. The summed E-state index contributed by atoms with van der Waals surface area (Å²) in [7, 11) is 0. The molecule has 0 aromatic heterocycles. The number of halogens is 2. The second kappa shape index (κ2) is 5.07. The van der Waals surface area contributed by atoms with Gasteiger partial charge in [0.05, 0.1) is 6.21 Å². The van der Waals surface area contributed by atoms with E-state index in [1.807, 2.05) is 27.7 Å². The highest BCUT2D eigenvalue weighted by Crippen LogP contribution is 2.35. The summed E-state index contributed by atoms with van der Waals surface area (Å²) in [6.07, 6.45) is 1.67. The molecule has 0 aliphatic rings. The maximum atomic E-state index is 5.99. The van der Waals surface area contributed by atoms with Crippen LogP contribution < -0.4 is 5.84 Å². The number of nitrogens with zero attached hydrogens (tertiary/aromatic N) is 1. The van der Waals surface area contributed by atoms with Crippen LogP contribution in [0.4, 0.5) is 0 Å². The van der Waals surface area contributed by atoms with Gasteiger partial charge in [-0.25, -0.2) is 0 Å². The average Bonchev–Trinajstić information content (AvgIpc) is 2.21. The minimum Gasteiger partial charge on any atom is -0.323 e. The first-order chi connectivity index (χ1) is 7.41. The standard InChI is InChI=1S/C12H16Cl2N2/c1-6-8(3)11(12(13)14)9(4)7(2)10(6)5-16-15/h5,12H,15H2,1-4H3. The van der Waals surface area contributed by atoms with Gasteiger partial charge in [0.2, 0.25) is 0 Å². The zero-order chi connectivity index (χ0) is 12.5. The largest absolute Gasteiger partial charge is 0.323 e. The monoisotopic (exact) mass is 258 g/mol. The van der Waals surface area contributed by atoms with Crippen molar-refractivity contribution in [3.05, 3.63) is 33.4 Å². The van der Waals surface area contributed by atoms with Gasteiger partial charge in [-0.1, -0.05) is 0 Å². The number of hydrogen-bond acceptors (Lipinski definition) is 2. The van der Waals surface area contributed by atoms with E-state index in [0.29, 0.717) is 0 Å². The summed E-state index contributed by atoms with van der Waals surface area (Å²) in [6.45, 7) is 8.09. The van der Waals surface area contributed by atoms with Crippen molar-refractivity contribution in [1.82, 2.24) is 0 Å². The molecule has 1 aromatic rings. The number of rotatable bonds is 2. The van der Waals surface area contributed by atoms with Crippen molar-refractivity contribution in [2.24, 2.45) is 10.9 Å². The number of hydrazone groups is 1. The normalized spacial score (nSPS) is 11.7. The van der Waals surface area contributed by atoms with E-state index in [1.54, 1.807) is 6.21 Å². The Hall–Kier alpha value is -0.730. The van der Waals surface area contributed by atoms with Crippen molar-refractivity contribution in [2.45, 2.75) is 32.5 Å². The molecule has 0 atom stereocenters. The van der Waals surface area contributed by atoms with Crippen LogP contribution in [0.5, 0.6) is 0 Å². The molecule has 2 N–H and O–H groups in total. The Morgan fingerprint density at radius 2 is 1.44 bits per heavy atom. The molecule has 4 heteroatoms. The fraction of sp³-hybridized carbons (Fsp3) is 0.417. The molecule has 0 spiro atoms. The third kappa shape index (κ3) is 2.18. The van der Waals surface area contributed by atoms with E-state index >= 15 is 0 Å². The summed E-state index contributed by atoms with van der Waals surface area (Å²) in [5, 5.41) is 3.59. The van der Waals surface area contributed by atoms with Gasteiger partial charge in [0.25, 0.3) is 0 Å². The van der Waals surface area contributed by atoms with Gasteiger partial charge in [-0.3, -0.25) is 0 Å². The highest BCUT2D eigenvalue weighted by Gasteiger charge is 2.17. The summed E-state index contributed by atoms with van der Waals surface area (Å²) in [6, 6.07) is 0. The first-order valence-electron chi connectivity index (χ1n) is 5.03. The Morgan fingerprint density at radius 1 is 1.00 bits per heavy atom. The minimum atomic E-state index is -0.499. The Bertz CT molecular complexity index is 408. The van der Waals surface area contributed by atoms with Crippen LogP contribution in [0.1, 0.15) is 38.2 Å². The van der Waals surface area contributed by atoms with Gasteiger partial charge in [0.1, 0.15) is 4.84 Å². The van der Waals surface area contributed by atoms with Crippen LogP contribution in [0.2, 0.25) is 0 Å². The summed E-state index contributed by atoms with van der Waals surface area (Å²) in [5.74, 6) is 5.21. The van der Waals surface area contributed by atoms with Gasteiger partial charge in [-0.2, -0.15) is 5.10 Å². The van der Waals surface area contributed by atoms with Gasteiger partial charge in [0, 0.05) is 5.56 Å². The lowest BCUT2D eigenvalue weighted by Crippen LogP contribution is -2.05. The smallest absolute Gasteiger partial charge is 0.133 e. The van der Waals surface area contributed by atoms with E-state index in [0.717, 1.165) is 33.4 Å². The third-order valence-electron chi connectivity index (χ3n) is 3.16. The molecule has 1 rings (SSSR count). The van der Waals surface area contributed by atoms with Crippen molar-refractivity contribution in [1.29, 1.82) is 0 Å². The van der Waals surface area contributed by atoms with Crippen LogP contribution in [0.25, 0.3) is 0 Å². The van der Waals surface area contributed by atoms with Gasteiger partial charge >= 0.3 is 0 Å². The molecular formula is C12H16Cl2N2. The molecule has 0 aliphatic carbocycles. The van der Waals surface area contributed by atoms with Crippen LogP contribution in [0.15, 0.2) is 5.10 Å². The van der Waals surface area contributed by atoms with Gasteiger partial charge in [0.15, 0.2) is 0 Å². The zero-order valence-electron chi connectivity index (χ0n) is 9.94. The van der Waals surface area contributed by atoms with Crippen molar-refractivity contribution in [2.75, 3.05) is 0 Å². The van der Waals surface area contributed by atoms with Crippen LogP contribution in [-0.2, 0) is 0 Å². The lowest BCUT2D eigenvalue weighted by molar-refractivity contribution is 1.13. The SMILES string of the molecule is Cc1c(C)c(C(Cl)Cl)c(C)c(C)c1C=NN. The van der Waals surface area contributed by atoms with Crippen molar-refractivity contribution in [3.63, 3.8) is 0 Å². The molecule has 1 aromatic carbocycles. The van der Waals surface area contributed by atoms with E-state index < -0.39 is 4.84 Å². The predicted molar refractivity (Wildman–Crippen MR) is 71.6 cm³/mol. The Labute approximate surface area is 106 Å². The molecule has 2 nitrogen and oxygen atoms in total. The van der Waals surface area contributed by atoms with Crippen LogP contribution in [0.3, 0.4) is 0 Å². The molecule has 0 heterocycles. The molecule has 0 fully saturated rings. The minimum absolute atomic E-state index is 0.499. The first kappa shape index (κ1) is 13.3. The van der Waals surface area contributed by atoms with Crippen molar-refractivity contribution >= 4 is 29.4 Å². The number of hydrogen-bond donors (Lipinski definition) is 1. The molecule has 0 saturated carbocycles. The number of alkyl halides is 2. The maximum absolute atomic E-state index is 5.99. The zero-order valence-corrected chi connectivity index (χ0v) is 11.4. The molecule has 88 valence electrons. The Morgan fingerprint density at radius 3 is 1.75 bits per heavy atom. The van der Waals surface area contributed by atoms with Crippen molar-refractivity contribution in [3.8, 4) is 0 Å². The maximum Gasteiger partial charge on any atom is 0.133 e. The summed E-state index contributed by atoms with van der Waals surface area (Å²) >= 11 is 12.0. The Balaban J connectivity index is 3.63. The summed E-state index contributed by atoms with van der Waals surface area (Å²) < 4.78 is 0. The molecule has 0 saturated heterocycles. The second-order valence-corrected chi connectivity index (χ2v) is 5.00.